The van der Waals surface area contributed by atoms with Crippen molar-refractivity contribution in [3.8, 4) is 0 Å². The van der Waals surface area contributed by atoms with Gasteiger partial charge in [-0.2, -0.15) is 0 Å². The molecular weight excluding hydrogens is 162 g/mol. The Morgan fingerprint density at radius 1 is 1.38 bits per heavy atom. The molecule has 0 aliphatic heterocycles. The highest BCUT2D eigenvalue weighted by Gasteiger charge is 2.49. The Kier molecular flexibility index (Phi) is 2.75. The van der Waals surface area contributed by atoms with Gasteiger partial charge in [0.25, 0.3) is 0 Å². The highest BCUT2D eigenvalue weighted by Crippen LogP contribution is 2.56. The van der Waals surface area contributed by atoms with Gasteiger partial charge >= 0.3 is 0 Å². The summed E-state index contributed by atoms with van der Waals surface area (Å²) in [7, 11) is 0. The van der Waals surface area contributed by atoms with E-state index in [2.05, 4.69) is 27.7 Å². The molecule has 0 spiro atoms. The average molecular weight is 185 g/mol. The molecule has 1 aliphatic rings. The molecule has 0 radical (unpaired) electrons. The lowest BCUT2D eigenvalue weighted by Gasteiger charge is -2.41. The number of nitrogens with two attached hydrogens (primary N) is 1. The molecular formula is C11H23NO. The van der Waals surface area contributed by atoms with Gasteiger partial charge < -0.3 is 10.8 Å². The normalized spacial score (nSPS) is 33.2. The van der Waals surface area contributed by atoms with E-state index >= 15 is 0 Å². The Labute approximate surface area is 81.5 Å². The fourth-order valence-corrected chi connectivity index (χ4v) is 2.58. The van der Waals surface area contributed by atoms with Gasteiger partial charge in [-0.05, 0) is 29.6 Å². The van der Waals surface area contributed by atoms with Crippen molar-refractivity contribution < 1.29 is 5.11 Å². The lowest BCUT2D eigenvalue weighted by Crippen LogP contribution is -2.43. The fourth-order valence-electron chi connectivity index (χ4n) is 2.58. The molecule has 2 atom stereocenters. The number of aliphatic hydroxyl groups excluding tert-OH is 1. The summed E-state index contributed by atoms with van der Waals surface area (Å²) in [4.78, 5) is 0. The van der Waals surface area contributed by atoms with Crippen LogP contribution in [0.2, 0.25) is 0 Å². The molecule has 3 N–H and O–H groups in total. The molecule has 0 aromatic carbocycles. The zero-order chi connectivity index (χ0) is 10.3. The molecule has 1 saturated carbocycles. The van der Waals surface area contributed by atoms with Gasteiger partial charge in [-0.3, -0.25) is 0 Å². The predicted molar refractivity (Wildman–Crippen MR) is 55.3 cm³/mol. The number of rotatable bonds is 2. The maximum Gasteiger partial charge on any atom is 0.0585 e. The van der Waals surface area contributed by atoms with Crippen LogP contribution in [-0.4, -0.2) is 17.8 Å². The Balaban J connectivity index is 2.82. The Hall–Kier alpha value is -0.0800. The van der Waals surface area contributed by atoms with Crippen LogP contribution in [-0.2, 0) is 0 Å². The molecule has 13 heavy (non-hydrogen) atoms. The molecule has 0 aromatic heterocycles. The summed E-state index contributed by atoms with van der Waals surface area (Å²) in [5.41, 5.74) is 6.52. The van der Waals surface area contributed by atoms with Gasteiger partial charge in [0.15, 0.2) is 0 Å². The maximum atomic E-state index is 9.07. The number of hydrogen-bond acceptors (Lipinski definition) is 2. The summed E-state index contributed by atoms with van der Waals surface area (Å²) in [6.07, 6.45) is 2.38. The zero-order valence-corrected chi connectivity index (χ0v) is 9.30. The van der Waals surface area contributed by atoms with E-state index in [0.29, 0.717) is 11.3 Å². The van der Waals surface area contributed by atoms with Gasteiger partial charge in [0.2, 0.25) is 0 Å². The lowest BCUT2D eigenvalue weighted by atomic mass is 9.65. The van der Waals surface area contributed by atoms with Crippen molar-refractivity contribution in [2.24, 2.45) is 22.5 Å². The largest absolute Gasteiger partial charge is 0.395 e. The highest BCUT2D eigenvalue weighted by molar-refractivity contribution is 5.00. The van der Waals surface area contributed by atoms with E-state index in [-0.39, 0.29) is 18.1 Å². The number of aliphatic hydroxyl groups is 1. The topological polar surface area (TPSA) is 46.2 Å². The first-order valence-electron chi connectivity index (χ1n) is 5.19. The first-order valence-corrected chi connectivity index (χ1v) is 5.19. The Morgan fingerprint density at radius 2 is 1.92 bits per heavy atom. The van der Waals surface area contributed by atoms with Crippen LogP contribution < -0.4 is 5.73 Å². The Morgan fingerprint density at radius 3 is 2.23 bits per heavy atom. The SMILES string of the molecule is CC1(C)CCC([C@@H](N)CO)C1(C)C. The van der Waals surface area contributed by atoms with Gasteiger partial charge in [0.1, 0.15) is 0 Å². The van der Waals surface area contributed by atoms with Crippen LogP contribution in [0, 0.1) is 16.7 Å². The van der Waals surface area contributed by atoms with E-state index in [0.717, 1.165) is 6.42 Å². The van der Waals surface area contributed by atoms with Gasteiger partial charge in [-0.15, -0.1) is 0 Å². The number of hydrogen-bond donors (Lipinski definition) is 2. The molecule has 2 nitrogen and oxygen atoms in total. The Bertz CT molecular complexity index is 187. The van der Waals surface area contributed by atoms with E-state index in [4.69, 9.17) is 10.8 Å². The molecule has 0 saturated heterocycles. The predicted octanol–water partition coefficient (Wildman–Crippen LogP) is 1.77. The quantitative estimate of drug-likeness (QED) is 0.688. The molecule has 1 fully saturated rings. The third kappa shape index (κ3) is 1.62. The molecule has 1 unspecified atom stereocenters. The first kappa shape index (κ1) is 11.0. The molecule has 78 valence electrons. The van der Waals surface area contributed by atoms with Crippen LogP contribution in [0.25, 0.3) is 0 Å². The van der Waals surface area contributed by atoms with Crippen LogP contribution in [0.1, 0.15) is 40.5 Å². The van der Waals surface area contributed by atoms with E-state index in [1.807, 2.05) is 0 Å². The van der Waals surface area contributed by atoms with Gasteiger partial charge in [0.05, 0.1) is 6.61 Å². The first-order chi connectivity index (χ1) is 5.83. The monoisotopic (exact) mass is 185 g/mol. The third-order valence-electron chi connectivity index (χ3n) is 4.48. The maximum absolute atomic E-state index is 9.07. The summed E-state index contributed by atoms with van der Waals surface area (Å²) in [5.74, 6) is 0.465. The van der Waals surface area contributed by atoms with Crippen LogP contribution in [0.15, 0.2) is 0 Å². The highest BCUT2D eigenvalue weighted by atomic mass is 16.3. The van der Waals surface area contributed by atoms with Crippen molar-refractivity contribution in [1.29, 1.82) is 0 Å². The smallest absolute Gasteiger partial charge is 0.0585 e. The summed E-state index contributed by atoms with van der Waals surface area (Å²) >= 11 is 0. The average Bonchev–Trinajstić information content (AvgIpc) is 2.22. The van der Waals surface area contributed by atoms with Crippen LogP contribution >= 0.6 is 0 Å². The standard InChI is InChI=1S/C11H23NO/c1-10(2)6-5-8(9(12)7-13)11(10,3)4/h8-9,13H,5-7,12H2,1-4H3/t8?,9-/m0/s1. The minimum absolute atomic E-state index is 0.0447. The molecule has 0 aromatic rings. The van der Waals surface area contributed by atoms with Crippen LogP contribution in [0.5, 0.6) is 0 Å². The molecule has 0 heterocycles. The van der Waals surface area contributed by atoms with Gasteiger partial charge in [-0.25, -0.2) is 0 Å². The van der Waals surface area contributed by atoms with Crippen molar-refractivity contribution in [1.82, 2.24) is 0 Å². The second-order valence-electron chi connectivity index (χ2n) is 5.60. The summed E-state index contributed by atoms with van der Waals surface area (Å²) in [6.45, 7) is 9.28. The van der Waals surface area contributed by atoms with Crippen LogP contribution in [0.4, 0.5) is 0 Å². The summed E-state index contributed by atoms with van der Waals surface area (Å²) < 4.78 is 0. The zero-order valence-electron chi connectivity index (χ0n) is 9.30. The molecule has 1 aliphatic carbocycles. The molecule has 2 heteroatoms. The van der Waals surface area contributed by atoms with Crippen molar-refractivity contribution >= 4 is 0 Å². The van der Waals surface area contributed by atoms with Crippen molar-refractivity contribution in [3.05, 3.63) is 0 Å². The molecule has 0 amide bonds. The second-order valence-corrected chi connectivity index (χ2v) is 5.60. The third-order valence-corrected chi connectivity index (χ3v) is 4.48. The van der Waals surface area contributed by atoms with E-state index in [1.165, 1.54) is 6.42 Å². The van der Waals surface area contributed by atoms with Crippen LogP contribution in [0.3, 0.4) is 0 Å². The fraction of sp³-hybridized carbons (Fsp3) is 1.00. The summed E-state index contributed by atoms with van der Waals surface area (Å²) in [5, 5.41) is 9.07. The van der Waals surface area contributed by atoms with Crippen molar-refractivity contribution in [2.75, 3.05) is 6.61 Å². The van der Waals surface area contributed by atoms with E-state index in [1.54, 1.807) is 0 Å². The molecule has 1 rings (SSSR count). The van der Waals surface area contributed by atoms with Gasteiger partial charge in [-0.1, -0.05) is 27.7 Å². The molecule has 0 bridgehead atoms. The van der Waals surface area contributed by atoms with E-state index < -0.39 is 0 Å². The van der Waals surface area contributed by atoms with Crippen molar-refractivity contribution in [2.45, 2.75) is 46.6 Å². The summed E-state index contributed by atoms with van der Waals surface area (Å²) in [6, 6.07) is -0.0447. The van der Waals surface area contributed by atoms with Crippen molar-refractivity contribution in [3.63, 3.8) is 0 Å². The lowest BCUT2D eigenvalue weighted by molar-refractivity contribution is 0.0769. The second kappa shape index (κ2) is 3.25. The van der Waals surface area contributed by atoms with E-state index in [9.17, 15) is 0 Å². The van der Waals surface area contributed by atoms with Gasteiger partial charge in [0, 0.05) is 6.04 Å². The minimum atomic E-state index is -0.0447. The minimum Gasteiger partial charge on any atom is -0.395 e.